The van der Waals surface area contributed by atoms with Gasteiger partial charge in [0, 0.05) is 13.5 Å². The van der Waals surface area contributed by atoms with Crippen LogP contribution >= 0.6 is 0 Å². The monoisotopic (exact) mass is 365 g/mol. The molecule has 0 aromatic carbocycles. The van der Waals surface area contributed by atoms with Crippen molar-refractivity contribution in [1.29, 1.82) is 0 Å². The molecule has 13 nitrogen and oxygen atoms in total. The van der Waals surface area contributed by atoms with Gasteiger partial charge in [0.15, 0.2) is 6.61 Å². The van der Waals surface area contributed by atoms with Crippen LogP contribution in [0.3, 0.4) is 0 Å². The second-order valence-corrected chi connectivity index (χ2v) is 5.93. The van der Waals surface area contributed by atoms with Crippen molar-refractivity contribution in [2.24, 2.45) is 10.9 Å². The number of carbonyl (C=O) groups excluding carboxylic acids is 3. The number of carbonyl (C=O) groups is 3. The number of oxime groups is 1. The molecule has 2 aliphatic heterocycles. The third kappa shape index (κ3) is 3.72. The van der Waals surface area contributed by atoms with Crippen LogP contribution in [-0.4, -0.2) is 78.8 Å². The van der Waals surface area contributed by atoms with Gasteiger partial charge in [-0.1, -0.05) is 5.16 Å². The normalized spacial score (nSPS) is 25.1. The minimum atomic E-state index is -4.98. The first-order chi connectivity index (χ1) is 11.1. The van der Waals surface area contributed by atoms with Gasteiger partial charge >= 0.3 is 16.4 Å². The lowest BCUT2D eigenvalue weighted by molar-refractivity contribution is -0.125. The van der Waals surface area contributed by atoms with Crippen molar-refractivity contribution in [1.82, 2.24) is 15.3 Å². The molecule has 2 saturated heterocycles. The molecule has 2 heterocycles. The molecule has 0 saturated carbocycles. The molecule has 2 atom stereocenters. The molecule has 134 valence electrons. The summed E-state index contributed by atoms with van der Waals surface area (Å²) < 4.78 is 34.8. The molecule has 4 N–H and O–H groups in total. The van der Waals surface area contributed by atoms with E-state index in [2.05, 4.69) is 14.8 Å². The molecule has 0 unspecified atom stereocenters. The number of nitrogens with two attached hydrogens (primary N) is 1. The number of urea groups is 1. The van der Waals surface area contributed by atoms with E-state index < -0.39 is 46.9 Å². The molecule has 0 radical (unpaired) electrons. The number of hydroxylamine groups is 2. The van der Waals surface area contributed by atoms with Gasteiger partial charge in [0.1, 0.15) is 12.1 Å². The van der Waals surface area contributed by atoms with Crippen molar-refractivity contribution < 1.29 is 36.5 Å². The number of hydrogen-bond acceptors (Lipinski definition) is 8. The topological polar surface area (TPSA) is 181 Å². The summed E-state index contributed by atoms with van der Waals surface area (Å²) in [4.78, 5) is 40.5. The van der Waals surface area contributed by atoms with Gasteiger partial charge in [-0.05, 0) is 0 Å². The molecule has 4 amide bonds. The Morgan fingerprint density at radius 2 is 2.17 bits per heavy atom. The number of primary amides is 1. The Morgan fingerprint density at radius 1 is 1.50 bits per heavy atom. The quantitative estimate of drug-likeness (QED) is 0.333. The van der Waals surface area contributed by atoms with Crippen LogP contribution in [0, 0.1) is 0 Å². The molecule has 24 heavy (non-hydrogen) atoms. The zero-order valence-corrected chi connectivity index (χ0v) is 13.2. The minimum absolute atomic E-state index is 0.0634. The van der Waals surface area contributed by atoms with E-state index in [0.29, 0.717) is 5.06 Å². The highest BCUT2D eigenvalue weighted by atomic mass is 32.3. The third-order valence-corrected chi connectivity index (χ3v) is 3.76. The standard InChI is InChI=1S/C10H15N5O8S/c1-12-8(16)4-22-13-5-2-6(9(11)17)14-3-7(5)15(10(14)18)23-24(19,20)21/h6-7H,2-4H2,1H3,(H2,11,17)(H,12,16)(H,19,20,21)/b13-5+/t6-,7-/m0/s1. The summed E-state index contributed by atoms with van der Waals surface area (Å²) in [6, 6.07) is -3.09. The van der Waals surface area contributed by atoms with Crippen LogP contribution in [-0.2, 0) is 29.1 Å². The number of fused-ring (bicyclic) bond motifs is 2. The predicted octanol–water partition coefficient (Wildman–Crippen LogP) is -2.80. The summed E-state index contributed by atoms with van der Waals surface area (Å²) in [5, 5.41) is 6.32. The van der Waals surface area contributed by atoms with Crippen molar-refractivity contribution in [3.63, 3.8) is 0 Å². The van der Waals surface area contributed by atoms with E-state index in [4.69, 9.17) is 15.1 Å². The second-order valence-electron chi connectivity index (χ2n) is 4.93. The van der Waals surface area contributed by atoms with Crippen LogP contribution in [0.15, 0.2) is 5.16 Å². The maximum Gasteiger partial charge on any atom is 0.418 e. The van der Waals surface area contributed by atoms with E-state index in [-0.39, 0.29) is 18.7 Å². The molecule has 0 aliphatic carbocycles. The van der Waals surface area contributed by atoms with E-state index in [1.165, 1.54) is 7.05 Å². The molecule has 2 fully saturated rings. The molecule has 0 aromatic rings. The van der Waals surface area contributed by atoms with Crippen molar-refractivity contribution in [3.05, 3.63) is 0 Å². The smallest absolute Gasteiger partial charge is 0.386 e. The van der Waals surface area contributed by atoms with Crippen LogP contribution in [0.4, 0.5) is 4.79 Å². The average Bonchev–Trinajstić information content (AvgIpc) is 2.74. The fraction of sp³-hybridized carbons (Fsp3) is 0.600. The molecule has 0 aromatic heterocycles. The number of piperidine rings is 1. The fourth-order valence-corrected chi connectivity index (χ4v) is 2.70. The number of rotatable bonds is 6. The van der Waals surface area contributed by atoms with E-state index in [0.717, 1.165) is 4.90 Å². The van der Waals surface area contributed by atoms with Gasteiger partial charge in [0.25, 0.3) is 5.91 Å². The Hall–Kier alpha value is -2.45. The summed E-state index contributed by atoms with van der Waals surface area (Å²) in [6.45, 7) is -0.575. The van der Waals surface area contributed by atoms with Gasteiger partial charge in [-0.2, -0.15) is 13.5 Å². The Morgan fingerprint density at radius 3 is 2.71 bits per heavy atom. The summed E-state index contributed by atoms with van der Waals surface area (Å²) >= 11 is 0. The van der Waals surface area contributed by atoms with Crippen LogP contribution in [0.2, 0.25) is 0 Å². The van der Waals surface area contributed by atoms with Crippen LogP contribution < -0.4 is 11.1 Å². The molecular weight excluding hydrogens is 350 g/mol. The van der Waals surface area contributed by atoms with Crippen molar-refractivity contribution >= 4 is 34.0 Å². The fourth-order valence-electron chi connectivity index (χ4n) is 2.33. The first-order valence-corrected chi connectivity index (χ1v) is 7.96. The van der Waals surface area contributed by atoms with Gasteiger partial charge in [0.2, 0.25) is 5.91 Å². The molecular formula is C10H15N5O8S. The lowest BCUT2D eigenvalue weighted by Crippen LogP contribution is -2.51. The number of hydrogen-bond donors (Lipinski definition) is 3. The first-order valence-electron chi connectivity index (χ1n) is 6.59. The second kappa shape index (κ2) is 6.58. The van der Waals surface area contributed by atoms with Crippen molar-refractivity contribution in [2.45, 2.75) is 18.5 Å². The summed E-state index contributed by atoms with van der Waals surface area (Å²) in [6.07, 6.45) is -0.134. The van der Waals surface area contributed by atoms with Gasteiger partial charge in [-0.3, -0.25) is 14.1 Å². The molecule has 2 bridgehead atoms. The molecule has 2 aliphatic rings. The van der Waals surface area contributed by atoms with Gasteiger partial charge < -0.3 is 20.8 Å². The van der Waals surface area contributed by atoms with Crippen LogP contribution in [0.25, 0.3) is 0 Å². The number of likely N-dealkylation sites (N-methyl/N-ethyl adjacent to an activating group) is 1. The summed E-state index contributed by atoms with van der Waals surface area (Å²) in [5.74, 6) is -1.31. The van der Waals surface area contributed by atoms with Crippen molar-refractivity contribution in [2.75, 3.05) is 20.2 Å². The summed E-state index contributed by atoms with van der Waals surface area (Å²) in [7, 11) is -3.59. The predicted molar refractivity (Wildman–Crippen MR) is 75.4 cm³/mol. The number of amides is 4. The maximum atomic E-state index is 12.1. The third-order valence-electron chi connectivity index (χ3n) is 3.41. The molecule has 2 rings (SSSR count). The van der Waals surface area contributed by atoms with Crippen LogP contribution in [0.5, 0.6) is 0 Å². The van der Waals surface area contributed by atoms with E-state index >= 15 is 0 Å². The summed E-state index contributed by atoms with van der Waals surface area (Å²) in [5.41, 5.74) is 5.29. The van der Waals surface area contributed by atoms with Gasteiger partial charge in [-0.25, -0.2) is 4.79 Å². The van der Waals surface area contributed by atoms with Crippen LogP contribution in [0.1, 0.15) is 6.42 Å². The number of nitrogens with zero attached hydrogens (tertiary/aromatic N) is 3. The van der Waals surface area contributed by atoms with Gasteiger partial charge in [0.05, 0.1) is 12.3 Å². The van der Waals surface area contributed by atoms with E-state index in [1.54, 1.807) is 0 Å². The maximum absolute atomic E-state index is 12.1. The lowest BCUT2D eigenvalue weighted by atomic mass is 9.98. The lowest BCUT2D eigenvalue weighted by Gasteiger charge is -2.28. The molecule has 14 heteroatoms. The highest BCUT2D eigenvalue weighted by Crippen LogP contribution is 2.29. The van der Waals surface area contributed by atoms with E-state index in [9.17, 15) is 22.8 Å². The Balaban J connectivity index is 2.26. The Labute approximate surface area is 136 Å². The van der Waals surface area contributed by atoms with Crippen molar-refractivity contribution in [3.8, 4) is 0 Å². The largest absolute Gasteiger partial charge is 0.418 e. The highest BCUT2D eigenvalue weighted by Gasteiger charge is 2.52. The van der Waals surface area contributed by atoms with E-state index in [1.807, 2.05) is 0 Å². The number of nitrogens with one attached hydrogen (secondary N) is 1. The first kappa shape index (κ1) is 17.9. The Kier molecular flexibility index (Phi) is 4.91. The zero-order valence-electron chi connectivity index (χ0n) is 12.4. The van der Waals surface area contributed by atoms with Gasteiger partial charge in [-0.15, -0.1) is 4.28 Å². The highest BCUT2D eigenvalue weighted by molar-refractivity contribution is 7.80. The minimum Gasteiger partial charge on any atom is -0.386 e. The Bertz CT molecular complexity index is 691. The zero-order chi connectivity index (χ0) is 18.1. The average molecular weight is 365 g/mol. The SMILES string of the molecule is CNC(=O)CO/N=C1\C[C@@H](C(N)=O)N2C[C@@H]1N(OS(=O)(=O)O)C2=O. The molecule has 0 spiro atoms.